The summed E-state index contributed by atoms with van der Waals surface area (Å²) >= 11 is 0. The van der Waals surface area contributed by atoms with Crippen LogP contribution in [-0.4, -0.2) is 28.9 Å². The van der Waals surface area contributed by atoms with Gasteiger partial charge in [-0.1, -0.05) is 12.1 Å². The van der Waals surface area contributed by atoms with Gasteiger partial charge >= 0.3 is 0 Å². The first-order chi connectivity index (χ1) is 9.50. The first-order valence-corrected chi connectivity index (χ1v) is 8.14. The van der Waals surface area contributed by atoms with Crippen LogP contribution in [0.3, 0.4) is 0 Å². The molecule has 0 fully saturated rings. The van der Waals surface area contributed by atoms with E-state index < -0.39 is 9.84 Å². The van der Waals surface area contributed by atoms with E-state index in [4.69, 9.17) is 0 Å². The lowest BCUT2D eigenvalue weighted by Gasteiger charge is -2.05. The van der Waals surface area contributed by atoms with Gasteiger partial charge in [0.15, 0.2) is 9.84 Å². The van der Waals surface area contributed by atoms with Gasteiger partial charge in [0.1, 0.15) is 23.7 Å². The van der Waals surface area contributed by atoms with Crippen molar-refractivity contribution >= 4 is 9.84 Å². The van der Waals surface area contributed by atoms with Gasteiger partial charge in [-0.3, -0.25) is 0 Å². The molecule has 20 heavy (non-hydrogen) atoms. The molecule has 0 atom stereocenters. The lowest BCUT2D eigenvalue weighted by atomic mass is 10.2. The van der Waals surface area contributed by atoms with E-state index in [1.54, 1.807) is 16.7 Å². The van der Waals surface area contributed by atoms with Crippen LogP contribution in [0.2, 0.25) is 0 Å². The normalized spacial score (nSPS) is 11.7. The van der Waals surface area contributed by atoms with Gasteiger partial charge in [0.25, 0.3) is 0 Å². The van der Waals surface area contributed by atoms with Crippen LogP contribution in [0.25, 0.3) is 0 Å². The average Bonchev–Trinajstić information content (AvgIpc) is 2.84. The third-order valence-corrected chi connectivity index (χ3v) is 4.52. The van der Waals surface area contributed by atoms with Crippen LogP contribution in [0.1, 0.15) is 18.3 Å². The van der Waals surface area contributed by atoms with E-state index in [-0.39, 0.29) is 17.3 Å². The topological polar surface area (TPSA) is 64.8 Å². The number of sulfone groups is 1. The Morgan fingerprint density at radius 3 is 2.60 bits per heavy atom. The Bertz CT molecular complexity index is 665. The van der Waals surface area contributed by atoms with Gasteiger partial charge < -0.3 is 4.57 Å². The molecule has 2 aromatic rings. The van der Waals surface area contributed by atoms with Crippen LogP contribution in [0.4, 0.5) is 4.39 Å². The molecule has 0 bridgehead atoms. The van der Waals surface area contributed by atoms with Crippen molar-refractivity contribution in [3.63, 3.8) is 0 Å². The van der Waals surface area contributed by atoms with Crippen molar-refractivity contribution in [3.8, 4) is 0 Å². The van der Waals surface area contributed by atoms with Crippen molar-refractivity contribution in [2.75, 3.05) is 5.75 Å². The predicted molar refractivity (Wildman–Crippen MR) is 73.3 cm³/mol. The maximum atomic E-state index is 12.8. The second-order valence-corrected chi connectivity index (χ2v) is 6.69. The molecule has 1 aromatic heterocycles. The molecule has 0 amide bonds. The Hall–Kier alpha value is -1.76. The van der Waals surface area contributed by atoms with Crippen LogP contribution in [0, 0.1) is 5.82 Å². The summed E-state index contributed by atoms with van der Waals surface area (Å²) in [6.07, 6.45) is 1.88. The number of aryl methyl sites for hydroxylation is 2. The fraction of sp³-hybridized carbons (Fsp3) is 0.385. The maximum Gasteiger partial charge on any atom is 0.157 e. The molecular weight excluding hydrogens is 281 g/mol. The van der Waals surface area contributed by atoms with Gasteiger partial charge in [-0.05, 0) is 31.0 Å². The molecule has 108 valence electrons. The highest BCUT2D eigenvalue weighted by Gasteiger charge is 2.16. The summed E-state index contributed by atoms with van der Waals surface area (Å²) in [5, 5.41) is 7.53. The van der Waals surface area contributed by atoms with E-state index in [2.05, 4.69) is 10.2 Å². The maximum absolute atomic E-state index is 12.8. The summed E-state index contributed by atoms with van der Waals surface area (Å²) in [6, 6.07) is 5.85. The molecule has 7 heteroatoms. The Morgan fingerprint density at radius 1 is 1.25 bits per heavy atom. The first-order valence-electron chi connectivity index (χ1n) is 6.32. The SMILES string of the molecule is CCn1cnnc1CS(=O)(=O)CCc1ccc(F)cc1. The van der Waals surface area contributed by atoms with Crippen molar-refractivity contribution in [2.45, 2.75) is 25.6 Å². The number of aromatic nitrogens is 3. The zero-order valence-electron chi connectivity index (χ0n) is 11.2. The molecule has 0 N–H and O–H groups in total. The fourth-order valence-electron chi connectivity index (χ4n) is 1.85. The monoisotopic (exact) mass is 297 g/mol. The van der Waals surface area contributed by atoms with Crippen molar-refractivity contribution in [1.82, 2.24) is 14.8 Å². The second-order valence-electron chi connectivity index (χ2n) is 4.50. The van der Waals surface area contributed by atoms with E-state index >= 15 is 0 Å². The van der Waals surface area contributed by atoms with Crippen LogP contribution >= 0.6 is 0 Å². The van der Waals surface area contributed by atoms with Gasteiger partial charge in [-0.2, -0.15) is 0 Å². The highest BCUT2D eigenvalue weighted by atomic mass is 32.2. The summed E-state index contributed by atoms with van der Waals surface area (Å²) in [4.78, 5) is 0. The van der Waals surface area contributed by atoms with Gasteiger partial charge in [0, 0.05) is 6.54 Å². The molecule has 0 unspecified atom stereocenters. The molecular formula is C13H16FN3O2S. The van der Waals surface area contributed by atoms with Crippen LogP contribution in [0.15, 0.2) is 30.6 Å². The third kappa shape index (κ3) is 3.86. The van der Waals surface area contributed by atoms with Crippen molar-refractivity contribution in [1.29, 1.82) is 0 Å². The Kier molecular flexibility index (Phi) is 4.49. The van der Waals surface area contributed by atoms with Crippen molar-refractivity contribution < 1.29 is 12.8 Å². The molecule has 2 rings (SSSR count). The molecule has 0 spiro atoms. The summed E-state index contributed by atoms with van der Waals surface area (Å²) in [5.41, 5.74) is 0.798. The number of halogens is 1. The molecule has 0 radical (unpaired) electrons. The predicted octanol–water partition coefficient (Wildman–Crippen LogP) is 1.59. The Labute approximate surface area is 117 Å². The number of benzene rings is 1. The Morgan fingerprint density at radius 2 is 1.95 bits per heavy atom. The number of rotatable bonds is 6. The molecule has 0 saturated heterocycles. The molecule has 0 saturated carbocycles. The molecule has 1 heterocycles. The minimum atomic E-state index is -3.26. The van der Waals surface area contributed by atoms with Gasteiger partial charge in [0.2, 0.25) is 0 Å². The van der Waals surface area contributed by atoms with Crippen LogP contribution < -0.4 is 0 Å². The third-order valence-electron chi connectivity index (χ3n) is 3.00. The molecule has 5 nitrogen and oxygen atoms in total. The lowest BCUT2D eigenvalue weighted by molar-refractivity contribution is 0.590. The van der Waals surface area contributed by atoms with E-state index in [9.17, 15) is 12.8 Å². The van der Waals surface area contributed by atoms with Crippen molar-refractivity contribution in [2.24, 2.45) is 0 Å². The number of hydrogen-bond acceptors (Lipinski definition) is 4. The molecule has 0 aliphatic rings. The summed E-state index contributed by atoms with van der Waals surface area (Å²) in [7, 11) is -3.26. The quantitative estimate of drug-likeness (QED) is 0.812. The summed E-state index contributed by atoms with van der Waals surface area (Å²) < 4.78 is 38.6. The Balaban J connectivity index is 1.99. The van der Waals surface area contributed by atoms with E-state index in [1.165, 1.54) is 18.5 Å². The average molecular weight is 297 g/mol. The number of hydrogen-bond donors (Lipinski definition) is 0. The lowest BCUT2D eigenvalue weighted by Crippen LogP contribution is -2.15. The number of nitrogens with zero attached hydrogens (tertiary/aromatic N) is 3. The molecule has 1 aromatic carbocycles. The van der Waals surface area contributed by atoms with E-state index in [0.29, 0.717) is 18.8 Å². The fourth-order valence-corrected chi connectivity index (χ4v) is 3.16. The second kappa shape index (κ2) is 6.13. The van der Waals surface area contributed by atoms with Gasteiger partial charge in [0.05, 0.1) is 5.75 Å². The van der Waals surface area contributed by atoms with E-state index in [1.807, 2.05) is 6.92 Å². The van der Waals surface area contributed by atoms with Crippen LogP contribution in [-0.2, 0) is 28.6 Å². The molecule has 0 aliphatic carbocycles. The van der Waals surface area contributed by atoms with Crippen LogP contribution in [0.5, 0.6) is 0 Å². The summed E-state index contributed by atoms with van der Waals surface area (Å²) in [5.74, 6) is 0.0105. The zero-order valence-corrected chi connectivity index (χ0v) is 12.0. The van der Waals surface area contributed by atoms with E-state index in [0.717, 1.165) is 5.56 Å². The van der Waals surface area contributed by atoms with Crippen molar-refractivity contribution in [3.05, 3.63) is 47.8 Å². The molecule has 0 aliphatic heterocycles. The zero-order chi connectivity index (χ0) is 14.6. The minimum Gasteiger partial charge on any atom is -0.317 e. The minimum absolute atomic E-state index is 0.00913. The highest BCUT2D eigenvalue weighted by molar-refractivity contribution is 7.90. The smallest absolute Gasteiger partial charge is 0.157 e. The standard InChI is InChI=1S/C13H16FN3O2S/c1-2-17-10-15-16-13(17)9-20(18,19)8-7-11-3-5-12(14)6-4-11/h3-6,10H,2,7-9H2,1H3. The largest absolute Gasteiger partial charge is 0.317 e. The highest BCUT2D eigenvalue weighted by Crippen LogP contribution is 2.08. The van der Waals surface area contributed by atoms with Gasteiger partial charge in [-0.25, -0.2) is 12.8 Å². The first kappa shape index (κ1) is 14.6. The van der Waals surface area contributed by atoms with Gasteiger partial charge in [-0.15, -0.1) is 10.2 Å². The summed E-state index contributed by atoms with van der Waals surface area (Å²) in [6.45, 7) is 2.54.